The third-order valence-corrected chi connectivity index (χ3v) is 4.58. The van der Waals surface area contributed by atoms with Gasteiger partial charge in [0, 0.05) is 8.07 Å². The van der Waals surface area contributed by atoms with Crippen molar-refractivity contribution < 1.29 is 0 Å². The van der Waals surface area contributed by atoms with Crippen LogP contribution in [0.5, 0.6) is 0 Å². The summed E-state index contributed by atoms with van der Waals surface area (Å²) in [4.78, 5) is 0. The van der Waals surface area contributed by atoms with Crippen LogP contribution >= 0.6 is 0 Å². The summed E-state index contributed by atoms with van der Waals surface area (Å²) in [5.74, 6) is 0. The van der Waals surface area contributed by atoms with E-state index in [1.54, 1.807) is 0 Å². The molecule has 0 amide bonds. The molecule has 0 heterocycles. The smallest absolute Gasteiger partial charge is 0.0473 e. The van der Waals surface area contributed by atoms with Gasteiger partial charge in [0.15, 0.2) is 0 Å². The standard InChI is InChI=1S/C7H17Si/c1-6-7(2)8(3,4)5/h7H,2,6H2,1,3-5H3. The maximum Gasteiger partial charge on any atom is 0.0473 e. The summed E-state index contributed by atoms with van der Waals surface area (Å²) in [5, 5.41) is 0. The van der Waals surface area contributed by atoms with Crippen molar-refractivity contribution in [2.45, 2.75) is 38.5 Å². The van der Waals surface area contributed by atoms with Crippen molar-refractivity contribution in [3.63, 3.8) is 0 Å². The highest BCUT2D eigenvalue weighted by atomic mass is 28.3. The van der Waals surface area contributed by atoms with E-state index in [0.29, 0.717) is 0 Å². The van der Waals surface area contributed by atoms with Gasteiger partial charge in [-0.2, -0.15) is 0 Å². The van der Waals surface area contributed by atoms with Gasteiger partial charge < -0.3 is 0 Å². The van der Waals surface area contributed by atoms with Crippen LogP contribution in [0.4, 0.5) is 0 Å². The summed E-state index contributed by atoms with van der Waals surface area (Å²) in [6.07, 6.45) is 1.25. The van der Waals surface area contributed by atoms with Crippen molar-refractivity contribution in [1.29, 1.82) is 0 Å². The van der Waals surface area contributed by atoms with E-state index in [1.165, 1.54) is 6.42 Å². The topological polar surface area (TPSA) is 0 Å². The summed E-state index contributed by atoms with van der Waals surface area (Å²) >= 11 is 0. The Kier molecular flexibility index (Phi) is 2.74. The van der Waals surface area contributed by atoms with E-state index < -0.39 is 8.07 Å². The molecule has 0 rings (SSSR count). The Morgan fingerprint density at radius 1 is 1.38 bits per heavy atom. The van der Waals surface area contributed by atoms with Gasteiger partial charge in [-0.05, 0) is 5.54 Å². The minimum Gasteiger partial charge on any atom is -0.0693 e. The molecular weight excluding hydrogens is 112 g/mol. The highest BCUT2D eigenvalue weighted by Crippen LogP contribution is 2.22. The van der Waals surface area contributed by atoms with E-state index in [-0.39, 0.29) is 0 Å². The molecule has 0 saturated heterocycles. The van der Waals surface area contributed by atoms with E-state index in [9.17, 15) is 0 Å². The van der Waals surface area contributed by atoms with Gasteiger partial charge in [0.25, 0.3) is 0 Å². The van der Waals surface area contributed by atoms with Crippen LogP contribution in [-0.4, -0.2) is 8.07 Å². The molecule has 0 aromatic heterocycles. The zero-order chi connectivity index (χ0) is 6.78. The van der Waals surface area contributed by atoms with E-state index in [2.05, 4.69) is 33.5 Å². The molecule has 0 spiro atoms. The minimum absolute atomic E-state index is 0.738. The molecule has 0 N–H and O–H groups in total. The average molecular weight is 129 g/mol. The van der Waals surface area contributed by atoms with E-state index in [1.807, 2.05) is 0 Å². The van der Waals surface area contributed by atoms with Gasteiger partial charge in [0.1, 0.15) is 0 Å². The van der Waals surface area contributed by atoms with Crippen LogP contribution in [0.2, 0.25) is 25.2 Å². The number of hydrogen-bond acceptors (Lipinski definition) is 0. The number of rotatable bonds is 2. The third-order valence-electron chi connectivity index (χ3n) is 1.72. The van der Waals surface area contributed by atoms with Crippen molar-refractivity contribution in [2.75, 3.05) is 0 Å². The highest BCUT2D eigenvalue weighted by molar-refractivity contribution is 6.77. The molecule has 1 atom stereocenters. The quantitative estimate of drug-likeness (QED) is 0.503. The van der Waals surface area contributed by atoms with Crippen LogP contribution in [0.1, 0.15) is 13.3 Å². The monoisotopic (exact) mass is 129 g/mol. The van der Waals surface area contributed by atoms with Gasteiger partial charge in [-0.3, -0.25) is 0 Å². The Balaban J connectivity index is 3.62. The Hall–Kier alpha value is 0.217. The average Bonchev–Trinajstić information content (AvgIpc) is 1.62. The molecule has 0 aliphatic carbocycles. The molecule has 49 valence electrons. The second-order valence-electron chi connectivity index (χ2n) is 3.47. The first-order valence-electron chi connectivity index (χ1n) is 3.31. The molecule has 0 aromatic rings. The van der Waals surface area contributed by atoms with Crippen molar-refractivity contribution in [2.24, 2.45) is 0 Å². The van der Waals surface area contributed by atoms with Gasteiger partial charge in [0.2, 0.25) is 0 Å². The van der Waals surface area contributed by atoms with Crippen molar-refractivity contribution >= 4 is 8.07 Å². The predicted octanol–water partition coefficient (Wildman–Crippen LogP) is 2.94. The molecule has 0 aliphatic heterocycles. The van der Waals surface area contributed by atoms with Crippen LogP contribution < -0.4 is 0 Å². The van der Waals surface area contributed by atoms with E-state index >= 15 is 0 Å². The second-order valence-corrected chi connectivity index (χ2v) is 9.02. The molecule has 0 saturated carbocycles. The van der Waals surface area contributed by atoms with Gasteiger partial charge in [-0.15, -0.1) is 0 Å². The molecule has 1 radical (unpaired) electrons. The Bertz CT molecular complexity index is 61.3. The van der Waals surface area contributed by atoms with Crippen LogP contribution in [0.15, 0.2) is 0 Å². The van der Waals surface area contributed by atoms with Gasteiger partial charge >= 0.3 is 0 Å². The minimum atomic E-state index is -0.872. The third kappa shape index (κ3) is 2.51. The molecule has 1 unspecified atom stereocenters. The lowest BCUT2D eigenvalue weighted by Crippen LogP contribution is -2.25. The molecule has 1 heteroatoms. The van der Waals surface area contributed by atoms with Gasteiger partial charge in [-0.1, -0.05) is 39.9 Å². The Labute approximate surface area is 54.3 Å². The summed E-state index contributed by atoms with van der Waals surface area (Å²) in [5.41, 5.74) is 0.738. The fourth-order valence-electron chi connectivity index (χ4n) is 0.612. The van der Waals surface area contributed by atoms with Crippen molar-refractivity contribution in [1.82, 2.24) is 0 Å². The van der Waals surface area contributed by atoms with E-state index in [0.717, 1.165) is 5.54 Å². The van der Waals surface area contributed by atoms with Crippen LogP contribution in [-0.2, 0) is 0 Å². The van der Waals surface area contributed by atoms with Gasteiger partial charge in [0.05, 0.1) is 0 Å². The highest BCUT2D eigenvalue weighted by Gasteiger charge is 2.19. The lowest BCUT2D eigenvalue weighted by Gasteiger charge is -2.22. The first kappa shape index (κ1) is 8.22. The number of hydrogen-bond donors (Lipinski definition) is 0. The second kappa shape index (κ2) is 2.67. The Morgan fingerprint density at radius 3 is 1.75 bits per heavy atom. The Morgan fingerprint density at radius 2 is 1.75 bits per heavy atom. The zero-order valence-electron chi connectivity index (χ0n) is 6.49. The fraction of sp³-hybridized carbons (Fsp3) is 0.857. The van der Waals surface area contributed by atoms with Gasteiger partial charge in [-0.25, -0.2) is 0 Å². The fourth-order valence-corrected chi connectivity index (χ4v) is 1.84. The summed E-state index contributed by atoms with van der Waals surface area (Å²) in [7, 11) is -0.872. The van der Waals surface area contributed by atoms with Crippen LogP contribution in [0, 0.1) is 6.92 Å². The van der Waals surface area contributed by atoms with Crippen molar-refractivity contribution in [3.05, 3.63) is 6.92 Å². The van der Waals surface area contributed by atoms with Crippen LogP contribution in [0.3, 0.4) is 0 Å². The zero-order valence-corrected chi connectivity index (χ0v) is 7.49. The lowest BCUT2D eigenvalue weighted by molar-refractivity contribution is 0.912. The first-order chi connectivity index (χ1) is 3.48. The maximum atomic E-state index is 4.09. The predicted molar refractivity (Wildman–Crippen MR) is 42.7 cm³/mol. The molecular formula is C7H17Si. The molecule has 0 bridgehead atoms. The van der Waals surface area contributed by atoms with Crippen LogP contribution in [0.25, 0.3) is 0 Å². The molecule has 0 aromatic carbocycles. The SMILES string of the molecule is [CH2]C(CC)[Si](C)(C)C. The molecule has 0 aliphatic rings. The molecule has 8 heavy (non-hydrogen) atoms. The summed E-state index contributed by atoms with van der Waals surface area (Å²) < 4.78 is 0. The summed E-state index contributed by atoms with van der Waals surface area (Å²) in [6, 6.07) is 0. The normalized spacial score (nSPS) is 16.1. The maximum absolute atomic E-state index is 4.09. The van der Waals surface area contributed by atoms with Crippen molar-refractivity contribution in [3.8, 4) is 0 Å². The van der Waals surface area contributed by atoms with E-state index in [4.69, 9.17) is 0 Å². The summed E-state index contributed by atoms with van der Waals surface area (Å²) in [6.45, 7) is 13.4. The molecule has 0 nitrogen and oxygen atoms in total. The first-order valence-corrected chi connectivity index (χ1v) is 6.89. The largest absolute Gasteiger partial charge is 0.0693 e. The lowest BCUT2D eigenvalue weighted by atomic mass is 10.4. The molecule has 0 fully saturated rings.